The van der Waals surface area contributed by atoms with Gasteiger partial charge in [-0.2, -0.15) is 0 Å². The van der Waals surface area contributed by atoms with E-state index in [-0.39, 0.29) is 31.8 Å². The monoisotopic (exact) mass is 333 g/mol. The van der Waals surface area contributed by atoms with Crippen LogP contribution in [0.15, 0.2) is 24.5 Å². The number of hydrogen-bond acceptors (Lipinski definition) is 3. The Kier molecular flexibility index (Phi) is 4.48. The standard InChI is InChI=1S/C13H7Cl3FNO2/c1-20-13(19)11-6(4-18-5-9(11)17)10-7(14)2-3-8(15)12(10)16/h2-5H,1H3. The summed E-state index contributed by atoms with van der Waals surface area (Å²) in [6, 6.07) is 3.00. The quantitative estimate of drug-likeness (QED) is 0.593. The second-order valence-corrected chi connectivity index (χ2v) is 4.95. The van der Waals surface area contributed by atoms with E-state index in [1.807, 2.05) is 0 Å². The van der Waals surface area contributed by atoms with Gasteiger partial charge >= 0.3 is 5.97 Å². The zero-order chi connectivity index (χ0) is 14.9. The number of hydrogen-bond donors (Lipinski definition) is 0. The summed E-state index contributed by atoms with van der Waals surface area (Å²) in [5.74, 6) is -1.69. The molecule has 0 spiro atoms. The molecule has 0 bridgehead atoms. The maximum Gasteiger partial charge on any atom is 0.341 e. The van der Waals surface area contributed by atoms with E-state index in [4.69, 9.17) is 34.8 Å². The van der Waals surface area contributed by atoms with Gasteiger partial charge in [-0.15, -0.1) is 0 Å². The second kappa shape index (κ2) is 5.95. The Morgan fingerprint density at radius 2 is 1.85 bits per heavy atom. The van der Waals surface area contributed by atoms with Crippen molar-refractivity contribution in [1.29, 1.82) is 0 Å². The number of aromatic nitrogens is 1. The molecule has 0 amide bonds. The van der Waals surface area contributed by atoms with Crippen molar-refractivity contribution < 1.29 is 13.9 Å². The lowest BCUT2D eigenvalue weighted by Gasteiger charge is -2.12. The summed E-state index contributed by atoms with van der Waals surface area (Å²) in [5, 5.41) is 0.555. The predicted molar refractivity (Wildman–Crippen MR) is 76.0 cm³/mol. The molecule has 0 aliphatic heterocycles. The van der Waals surface area contributed by atoms with Gasteiger partial charge in [-0.25, -0.2) is 9.18 Å². The molecule has 0 aliphatic carbocycles. The van der Waals surface area contributed by atoms with E-state index in [0.717, 1.165) is 13.3 Å². The van der Waals surface area contributed by atoms with Crippen molar-refractivity contribution >= 4 is 40.8 Å². The minimum Gasteiger partial charge on any atom is -0.465 e. The van der Waals surface area contributed by atoms with Crippen LogP contribution in [0.25, 0.3) is 11.1 Å². The number of methoxy groups -OCH3 is 1. The number of nitrogens with zero attached hydrogens (tertiary/aromatic N) is 1. The molecule has 0 atom stereocenters. The number of rotatable bonds is 2. The van der Waals surface area contributed by atoms with E-state index in [2.05, 4.69) is 9.72 Å². The van der Waals surface area contributed by atoms with Gasteiger partial charge in [0.1, 0.15) is 5.56 Å². The van der Waals surface area contributed by atoms with Crippen molar-refractivity contribution in [3.63, 3.8) is 0 Å². The molecule has 7 heteroatoms. The Morgan fingerprint density at radius 1 is 1.20 bits per heavy atom. The third-order valence-electron chi connectivity index (χ3n) is 2.60. The lowest BCUT2D eigenvalue weighted by molar-refractivity contribution is 0.0596. The fourth-order valence-corrected chi connectivity index (χ4v) is 2.44. The second-order valence-electron chi connectivity index (χ2n) is 3.75. The highest BCUT2D eigenvalue weighted by molar-refractivity contribution is 6.46. The van der Waals surface area contributed by atoms with Gasteiger partial charge in [-0.3, -0.25) is 4.98 Å². The molecule has 0 radical (unpaired) electrons. The number of carbonyl (C=O) groups excluding carboxylic acids is 1. The molecule has 0 saturated heterocycles. The SMILES string of the molecule is COC(=O)c1c(F)cncc1-c1c(Cl)ccc(Cl)c1Cl. The van der Waals surface area contributed by atoms with Crippen LogP contribution in [0.5, 0.6) is 0 Å². The molecule has 1 aromatic carbocycles. The van der Waals surface area contributed by atoms with E-state index in [1.165, 1.54) is 18.3 Å². The van der Waals surface area contributed by atoms with Crippen molar-refractivity contribution in [3.05, 3.63) is 51.0 Å². The molecule has 20 heavy (non-hydrogen) atoms. The molecule has 104 valence electrons. The smallest absolute Gasteiger partial charge is 0.341 e. The fourth-order valence-electron chi connectivity index (χ4n) is 1.71. The molecule has 2 rings (SSSR count). The van der Waals surface area contributed by atoms with Crippen molar-refractivity contribution in [2.24, 2.45) is 0 Å². The van der Waals surface area contributed by atoms with Crippen LogP contribution < -0.4 is 0 Å². The zero-order valence-corrected chi connectivity index (χ0v) is 12.4. The number of carbonyl (C=O) groups is 1. The summed E-state index contributed by atoms with van der Waals surface area (Å²) in [5.41, 5.74) is 0.0520. The van der Waals surface area contributed by atoms with E-state index in [9.17, 15) is 9.18 Å². The molecule has 0 unspecified atom stereocenters. The van der Waals surface area contributed by atoms with Gasteiger partial charge in [-0.05, 0) is 12.1 Å². The molecular weight excluding hydrogens is 328 g/mol. The summed E-state index contributed by atoms with van der Waals surface area (Å²) < 4.78 is 18.4. The largest absolute Gasteiger partial charge is 0.465 e. The van der Waals surface area contributed by atoms with Crippen LogP contribution in [0.2, 0.25) is 15.1 Å². The van der Waals surface area contributed by atoms with Crippen LogP contribution in [-0.4, -0.2) is 18.1 Å². The topological polar surface area (TPSA) is 39.2 Å². The van der Waals surface area contributed by atoms with Gasteiger partial charge in [0.25, 0.3) is 0 Å². The molecule has 2 aromatic rings. The summed E-state index contributed by atoms with van der Waals surface area (Å²) in [4.78, 5) is 15.4. The average molecular weight is 335 g/mol. The highest BCUT2D eigenvalue weighted by Gasteiger charge is 2.23. The van der Waals surface area contributed by atoms with Gasteiger partial charge < -0.3 is 4.74 Å². The minimum absolute atomic E-state index is 0.108. The van der Waals surface area contributed by atoms with Crippen molar-refractivity contribution in [2.45, 2.75) is 0 Å². The van der Waals surface area contributed by atoms with Crippen LogP contribution in [0.4, 0.5) is 4.39 Å². The third-order valence-corrected chi connectivity index (χ3v) is 3.72. The van der Waals surface area contributed by atoms with Crippen molar-refractivity contribution in [1.82, 2.24) is 4.98 Å². The molecule has 0 saturated carbocycles. The Bertz CT molecular complexity index is 692. The Labute approximate surface area is 129 Å². The van der Waals surface area contributed by atoms with Crippen LogP contribution in [0, 0.1) is 5.82 Å². The van der Waals surface area contributed by atoms with E-state index in [0.29, 0.717) is 0 Å². The van der Waals surface area contributed by atoms with Gasteiger partial charge in [0.15, 0.2) is 5.82 Å². The number of esters is 1. The number of ether oxygens (including phenoxy) is 1. The molecule has 1 heterocycles. The minimum atomic E-state index is -0.855. The van der Waals surface area contributed by atoms with Crippen LogP contribution >= 0.6 is 34.8 Å². The summed E-state index contributed by atoms with van der Waals surface area (Å²) in [7, 11) is 1.15. The van der Waals surface area contributed by atoms with Crippen molar-refractivity contribution in [3.8, 4) is 11.1 Å². The molecule has 1 aromatic heterocycles. The first kappa shape index (κ1) is 15.0. The Hall–Kier alpha value is -1.36. The van der Waals surface area contributed by atoms with Gasteiger partial charge in [0.2, 0.25) is 0 Å². The van der Waals surface area contributed by atoms with E-state index >= 15 is 0 Å². The molecule has 0 aliphatic rings. The van der Waals surface area contributed by atoms with Gasteiger partial charge in [0.05, 0.1) is 28.4 Å². The Balaban J connectivity index is 2.81. The summed E-state index contributed by atoms with van der Waals surface area (Å²) in [6.45, 7) is 0. The first-order valence-corrected chi connectivity index (χ1v) is 6.46. The molecule has 0 fully saturated rings. The first-order chi connectivity index (χ1) is 9.47. The maximum absolute atomic E-state index is 13.9. The van der Waals surface area contributed by atoms with E-state index < -0.39 is 11.8 Å². The summed E-state index contributed by atoms with van der Waals surface area (Å²) >= 11 is 18.1. The van der Waals surface area contributed by atoms with E-state index in [1.54, 1.807) is 0 Å². The zero-order valence-electron chi connectivity index (χ0n) is 10.1. The third kappa shape index (κ3) is 2.59. The highest BCUT2D eigenvalue weighted by atomic mass is 35.5. The highest BCUT2D eigenvalue weighted by Crippen LogP contribution is 2.40. The normalized spacial score (nSPS) is 10.4. The van der Waals surface area contributed by atoms with Gasteiger partial charge in [0, 0.05) is 17.3 Å². The lowest BCUT2D eigenvalue weighted by Crippen LogP contribution is -2.08. The predicted octanol–water partition coefficient (Wildman–Crippen LogP) is 4.63. The van der Waals surface area contributed by atoms with Crippen molar-refractivity contribution in [2.75, 3.05) is 7.11 Å². The molecule has 0 N–H and O–H groups in total. The van der Waals surface area contributed by atoms with Crippen LogP contribution in [0.1, 0.15) is 10.4 Å². The summed E-state index contributed by atoms with van der Waals surface area (Å²) in [6.07, 6.45) is 2.18. The number of benzene rings is 1. The molecular formula is C13H7Cl3FNO2. The first-order valence-electron chi connectivity index (χ1n) is 5.33. The number of pyridine rings is 1. The average Bonchev–Trinajstić information content (AvgIpc) is 2.43. The van der Waals surface area contributed by atoms with Crippen LogP contribution in [0.3, 0.4) is 0 Å². The Morgan fingerprint density at radius 3 is 2.50 bits per heavy atom. The maximum atomic E-state index is 13.9. The lowest BCUT2D eigenvalue weighted by atomic mass is 10.0. The number of halogens is 4. The van der Waals surface area contributed by atoms with Gasteiger partial charge in [-0.1, -0.05) is 34.8 Å². The fraction of sp³-hybridized carbons (Fsp3) is 0.0769. The van der Waals surface area contributed by atoms with Crippen LogP contribution in [-0.2, 0) is 4.74 Å². The molecule has 3 nitrogen and oxygen atoms in total.